The van der Waals surface area contributed by atoms with Gasteiger partial charge in [0.05, 0.1) is 6.10 Å². The first-order valence-corrected chi connectivity index (χ1v) is 5.98. The maximum atomic E-state index is 12.9. The molecule has 0 bridgehead atoms. The van der Waals surface area contributed by atoms with E-state index in [2.05, 4.69) is 0 Å². The van der Waals surface area contributed by atoms with Crippen molar-refractivity contribution in [3.05, 3.63) is 34.6 Å². The molecule has 0 aliphatic carbocycles. The average Bonchev–Trinajstić information content (AvgIpc) is 2.15. The number of halogens is 2. The van der Waals surface area contributed by atoms with E-state index in [0.29, 0.717) is 12.0 Å². The Bertz CT molecular complexity index is 389. The molecule has 0 fully saturated rings. The first-order chi connectivity index (χ1) is 7.71. The highest BCUT2D eigenvalue weighted by Gasteiger charge is 2.24. The zero-order chi connectivity index (χ0) is 13.2. The van der Waals surface area contributed by atoms with Crippen LogP contribution in [0.3, 0.4) is 0 Å². The lowest BCUT2D eigenvalue weighted by Gasteiger charge is -2.29. The van der Waals surface area contributed by atoms with Crippen molar-refractivity contribution in [2.75, 3.05) is 0 Å². The Morgan fingerprint density at radius 1 is 1.41 bits per heavy atom. The van der Waals surface area contributed by atoms with Gasteiger partial charge in [0.1, 0.15) is 5.82 Å². The van der Waals surface area contributed by atoms with Gasteiger partial charge in [-0.2, -0.15) is 0 Å². The molecule has 96 valence electrons. The lowest BCUT2D eigenvalue weighted by atomic mass is 9.83. The first kappa shape index (κ1) is 14.4. The second-order valence-electron chi connectivity index (χ2n) is 5.39. The van der Waals surface area contributed by atoms with Crippen molar-refractivity contribution in [3.63, 3.8) is 0 Å². The number of rotatable bonds is 3. The molecule has 3 N–H and O–H groups in total. The third-order valence-electron chi connectivity index (χ3n) is 2.91. The van der Waals surface area contributed by atoms with Gasteiger partial charge in [-0.15, -0.1) is 0 Å². The van der Waals surface area contributed by atoms with Crippen LogP contribution in [0.4, 0.5) is 4.39 Å². The zero-order valence-electron chi connectivity index (χ0n) is 10.4. The van der Waals surface area contributed by atoms with Crippen molar-refractivity contribution in [3.8, 4) is 0 Å². The van der Waals surface area contributed by atoms with Crippen LogP contribution < -0.4 is 5.73 Å². The SMILES string of the molecule is CC(C)(C)[C@H](N)C[C@H](O)c1ccc(F)cc1Cl. The Balaban J connectivity index is 2.80. The third kappa shape index (κ3) is 3.95. The third-order valence-corrected chi connectivity index (χ3v) is 3.24. The number of nitrogens with two attached hydrogens (primary N) is 1. The number of aliphatic hydroxyl groups is 1. The lowest BCUT2D eigenvalue weighted by molar-refractivity contribution is 0.133. The van der Waals surface area contributed by atoms with Crippen LogP contribution in [0.15, 0.2) is 18.2 Å². The van der Waals surface area contributed by atoms with Gasteiger partial charge < -0.3 is 10.8 Å². The maximum Gasteiger partial charge on any atom is 0.124 e. The van der Waals surface area contributed by atoms with Crippen molar-refractivity contribution in [1.82, 2.24) is 0 Å². The van der Waals surface area contributed by atoms with Gasteiger partial charge in [0, 0.05) is 11.1 Å². The Hall–Kier alpha value is -0.640. The van der Waals surface area contributed by atoms with Crippen LogP contribution in [-0.4, -0.2) is 11.1 Å². The van der Waals surface area contributed by atoms with E-state index in [9.17, 15) is 9.50 Å². The summed E-state index contributed by atoms with van der Waals surface area (Å²) >= 11 is 5.88. The second kappa shape index (κ2) is 5.34. The van der Waals surface area contributed by atoms with E-state index in [1.807, 2.05) is 20.8 Å². The van der Waals surface area contributed by atoms with E-state index >= 15 is 0 Å². The predicted octanol–water partition coefficient (Wildman–Crippen LogP) is 3.28. The molecule has 0 aliphatic rings. The molecule has 0 amide bonds. The first-order valence-electron chi connectivity index (χ1n) is 5.60. The molecule has 0 unspecified atom stereocenters. The molecule has 0 aliphatic heterocycles. The molecule has 0 radical (unpaired) electrons. The van der Waals surface area contributed by atoms with E-state index in [0.717, 1.165) is 0 Å². The molecular weight excluding hydrogens is 241 g/mol. The fraction of sp³-hybridized carbons (Fsp3) is 0.538. The highest BCUT2D eigenvalue weighted by atomic mass is 35.5. The van der Waals surface area contributed by atoms with Crippen molar-refractivity contribution in [2.45, 2.75) is 39.3 Å². The minimum Gasteiger partial charge on any atom is -0.388 e. The van der Waals surface area contributed by atoms with E-state index < -0.39 is 11.9 Å². The number of hydrogen-bond donors (Lipinski definition) is 2. The standard InChI is InChI=1S/C13H19ClFNO/c1-13(2,3)12(16)7-11(17)9-5-4-8(15)6-10(9)14/h4-6,11-12,17H,7,16H2,1-3H3/t11-,12+/m0/s1. The Morgan fingerprint density at radius 2 is 2.00 bits per heavy atom. The molecule has 17 heavy (non-hydrogen) atoms. The molecule has 0 heterocycles. The smallest absolute Gasteiger partial charge is 0.124 e. The van der Waals surface area contributed by atoms with Crippen LogP contribution >= 0.6 is 11.6 Å². The highest BCUT2D eigenvalue weighted by Crippen LogP contribution is 2.30. The monoisotopic (exact) mass is 259 g/mol. The van der Waals surface area contributed by atoms with E-state index in [1.165, 1.54) is 18.2 Å². The minimum absolute atomic E-state index is 0.0898. The van der Waals surface area contributed by atoms with Crippen LogP contribution in [0.25, 0.3) is 0 Å². The summed E-state index contributed by atoms with van der Waals surface area (Å²) in [6.07, 6.45) is -0.369. The summed E-state index contributed by atoms with van der Waals surface area (Å²) in [5, 5.41) is 10.3. The van der Waals surface area contributed by atoms with Gasteiger partial charge in [-0.05, 0) is 29.5 Å². The molecule has 2 atom stereocenters. The molecular formula is C13H19ClFNO. The van der Waals surface area contributed by atoms with Gasteiger partial charge >= 0.3 is 0 Å². The summed E-state index contributed by atoms with van der Waals surface area (Å²) in [6, 6.07) is 3.83. The topological polar surface area (TPSA) is 46.2 Å². The number of benzene rings is 1. The van der Waals surface area contributed by atoms with Crippen LogP contribution in [0.5, 0.6) is 0 Å². The normalized spacial score (nSPS) is 15.7. The van der Waals surface area contributed by atoms with Crippen LogP contribution in [0, 0.1) is 11.2 Å². The van der Waals surface area contributed by atoms with E-state index in [-0.39, 0.29) is 16.5 Å². The summed E-state index contributed by atoms with van der Waals surface area (Å²) < 4.78 is 12.9. The second-order valence-corrected chi connectivity index (χ2v) is 5.80. The van der Waals surface area contributed by atoms with Gasteiger partial charge in [-0.1, -0.05) is 38.4 Å². The lowest BCUT2D eigenvalue weighted by Crippen LogP contribution is -2.36. The Morgan fingerprint density at radius 3 is 2.47 bits per heavy atom. The molecule has 0 saturated carbocycles. The average molecular weight is 260 g/mol. The molecule has 1 aromatic carbocycles. The van der Waals surface area contributed by atoms with Crippen molar-refractivity contribution in [2.24, 2.45) is 11.1 Å². The molecule has 4 heteroatoms. The van der Waals surface area contributed by atoms with E-state index in [4.69, 9.17) is 17.3 Å². The Kier molecular flexibility index (Phi) is 4.53. The maximum absolute atomic E-state index is 12.9. The van der Waals surface area contributed by atoms with Crippen molar-refractivity contribution >= 4 is 11.6 Å². The fourth-order valence-electron chi connectivity index (χ4n) is 1.49. The minimum atomic E-state index is -0.766. The fourth-order valence-corrected chi connectivity index (χ4v) is 1.79. The highest BCUT2D eigenvalue weighted by molar-refractivity contribution is 6.31. The Labute approximate surface area is 107 Å². The van der Waals surface area contributed by atoms with E-state index in [1.54, 1.807) is 0 Å². The largest absolute Gasteiger partial charge is 0.388 e. The summed E-state index contributed by atoms with van der Waals surface area (Å²) in [4.78, 5) is 0. The summed E-state index contributed by atoms with van der Waals surface area (Å²) in [5.74, 6) is -0.411. The molecule has 2 nitrogen and oxygen atoms in total. The molecule has 1 aromatic rings. The van der Waals surface area contributed by atoms with Crippen LogP contribution in [0.2, 0.25) is 5.02 Å². The zero-order valence-corrected chi connectivity index (χ0v) is 11.1. The van der Waals surface area contributed by atoms with Gasteiger partial charge in [-0.25, -0.2) is 4.39 Å². The van der Waals surface area contributed by atoms with Gasteiger partial charge in [0.2, 0.25) is 0 Å². The predicted molar refractivity (Wildman–Crippen MR) is 68.4 cm³/mol. The molecule has 1 rings (SSSR count). The number of hydrogen-bond acceptors (Lipinski definition) is 2. The molecule has 0 saturated heterocycles. The van der Waals surface area contributed by atoms with Crippen molar-refractivity contribution < 1.29 is 9.50 Å². The molecule has 0 spiro atoms. The quantitative estimate of drug-likeness (QED) is 0.875. The summed E-state index contributed by atoms with van der Waals surface area (Å²) in [6.45, 7) is 6.03. The summed E-state index contributed by atoms with van der Waals surface area (Å²) in [7, 11) is 0. The molecule has 0 aromatic heterocycles. The van der Waals surface area contributed by atoms with Gasteiger partial charge in [-0.3, -0.25) is 0 Å². The number of aliphatic hydroxyl groups excluding tert-OH is 1. The van der Waals surface area contributed by atoms with Crippen LogP contribution in [-0.2, 0) is 0 Å². The van der Waals surface area contributed by atoms with Crippen LogP contribution in [0.1, 0.15) is 38.9 Å². The summed E-state index contributed by atoms with van der Waals surface area (Å²) in [5.41, 5.74) is 6.42. The van der Waals surface area contributed by atoms with Crippen molar-refractivity contribution in [1.29, 1.82) is 0 Å². The van der Waals surface area contributed by atoms with Gasteiger partial charge in [0.25, 0.3) is 0 Å². The van der Waals surface area contributed by atoms with Gasteiger partial charge in [0.15, 0.2) is 0 Å².